The molecule has 3 amide bonds. The summed E-state index contributed by atoms with van der Waals surface area (Å²) in [6, 6.07) is 0. The Morgan fingerprint density at radius 1 is 0.581 bits per heavy atom. The van der Waals surface area contributed by atoms with Crippen molar-refractivity contribution < 1.29 is 81.5 Å². The fraction of sp³-hybridized carbons (Fsp3) is 0.851. The molecular weight excluding hydrogens is 822 g/mol. The number of phosphoric acid groups is 1. The summed E-state index contributed by atoms with van der Waals surface area (Å²) in [7, 11) is -4.91. The standard InChI is InChI=1S/C47H85N2O11P.Na/c1-3-5-7-9-11-13-15-17-19-21-23-25-27-29-31-33-46(53)57-40-42(41-59-61(55,56)58-38-37-48-43(50)39-49-44(51)35-36-45(49)52)60-47(54)34-32-30-28-26-24-22-20-18-16-14-12-10-8-6-4-2;/h35-36,42H,3-34,37-41H2,1-2H3,(H,48,50)(H,55,56);/q;+1/p-1/t42-;/m1./s1. The van der Waals surface area contributed by atoms with Crippen LogP contribution in [0.2, 0.25) is 0 Å². The maximum Gasteiger partial charge on any atom is 1.00 e. The monoisotopic (exact) mass is 907 g/mol. The maximum absolute atomic E-state index is 12.7. The van der Waals surface area contributed by atoms with Crippen molar-refractivity contribution in [3.05, 3.63) is 12.2 Å². The molecule has 354 valence electrons. The summed E-state index contributed by atoms with van der Waals surface area (Å²) in [5, 5.41) is 2.37. The first-order chi connectivity index (χ1) is 29.6. The van der Waals surface area contributed by atoms with Crippen molar-refractivity contribution in [2.75, 3.05) is 32.9 Å². The number of imide groups is 1. The van der Waals surface area contributed by atoms with Gasteiger partial charge in [0.05, 0.1) is 13.2 Å². The van der Waals surface area contributed by atoms with E-state index in [1.54, 1.807) is 0 Å². The van der Waals surface area contributed by atoms with Crippen molar-refractivity contribution in [3.63, 3.8) is 0 Å². The van der Waals surface area contributed by atoms with Gasteiger partial charge in [-0.1, -0.05) is 194 Å². The molecule has 0 aliphatic carbocycles. The van der Waals surface area contributed by atoms with Crippen LogP contribution in [0.5, 0.6) is 0 Å². The fourth-order valence-corrected chi connectivity index (χ4v) is 7.98. The van der Waals surface area contributed by atoms with Crippen LogP contribution >= 0.6 is 7.82 Å². The minimum Gasteiger partial charge on any atom is -0.756 e. The van der Waals surface area contributed by atoms with E-state index >= 15 is 0 Å². The number of nitrogens with zero attached hydrogens (tertiary/aromatic N) is 1. The van der Waals surface area contributed by atoms with E-state index in [9.17, 15) is 33.4 Å². The molecule has 0 aromatic carbocycles. The molecule has 0 spiro atoms. The number of ether oxygens (including phenoxy) is 2. The number of hydrogen-bond acceptors (Lipinski definition) is 11. The van der Waals surface area contributed by atoms with Crippen LogP contribution < -0.4 is 39.8 Å². The molecule has 0 radical (unpaired) electrons. The zero-order valence-corrected chi connectivity index (χ0v) is 42.2. The first-order valence-electron chi connectivity index (χ1n) is 24.3. The van der Waals surface area contributed by atoms with Gasteiger partial charge in [-0.25, -0.2) is 0 Å². The second-order valence-electron chi connectivity index (χ2n) is 16.7. The molecule has 0 saturated heterocycles. The van der Waals surface area contributed by atoms with Gasteiger partial charge in [-0.15, -0.1) is 0 Å². The topological polar surface area (TPSA) is 178 Å². The van der Waals surface area contributed by atoms with Crippen molar-refractivity contribution in [3.8, 4) is 0 Å². The number of nitrogens with one attached hydrogen (secondary N) is 1. The number of phosphoric ester groups is 1. The average molecular weight is 907 g/mol. The zero-order chi connectivity index (χ0) is 44.7. The van der Waals surface area contributed by atoms with E-state index < -0.39 is 63.3 Å². The van der Waals surface area contributed by atoms with E-state index in [1.807, 2.05) is 0 Å². The van der Waals surface area contributed by atoms with Crippen LogP contribution in [0.4, 0.5) is 0 Å². The quantitative estimate of drug-likeness (QED) is 0.0210. The molecule has 1 rings (SSSR count). The normalized spacial score (nSPS) is 13.8. The Balaban J connectivity index is 0.0000372. The maximum atomic E-state index is 12.7. The van der Waals surface area contributed by atoms with Gasteiger partial charge in [-0.05, 0) is 12.8 Å². The van der Waals surface area contributed by atoms with Gasteiger partial charge in [0.1, 0.15) is 13.2 Å². The number of unbranched alkanes of at least 4 members (excludes halogenated alkanes) is 28. The molecule has 0 fully saturated rings. The molecule has 13 nitrogen and oxygen atoms in total. The molecule has 1 aliphatic rings. The molecule has 2 atom stereocenters. The number of amides is 3. The minimum absolute atomic E-state index is 0. The van der Waals surface area contributed by atoms with Crippen LogP contribution in [-0.2, 0) is 47.1 Å². The summed E-state index contributed by atoms with van der Waals surface area (Å²) in [4.78, 5) is 73.9. The summed E-state index contributed by atoms with van der Waals surface area (Å²) in [5.74, 6) is -2.90. The summed E-state index contributed by atoms with van der Waals surface area (Å²) in [6.45, 7) is 2.28. The number of esters is 2. The third-order valence-corrected chi connectivity index (χ3v) is 12.0. The third-order valence-electron chi connectivity index (χ3n) is 11.0. The van der Waals surface area contributed by atoms with Crippen molar-refractivity contribution >= 4 is 37.5 Å². The predicted molar refractivity (Wildman–Crippen MR) is 238 cm³/mol. The number of hydrogen-bond donors (Lipinski definition) is 1. The average Bonchev–Trinajstić information content (AvgIpc) is 3.55. The van der Waals surface area contributed by atoms with Crippen molar-refractivity contribution in [2.24, 2.45) is 0 Å². The molecule has 0 aromatic heterocycles. The van der Waals surface area contributed by atoms with Gasteiger partial charge in [0.2, 0.25) is 5.91 Å². The van der Waals surface area contributed by atoms with Crippen LogP contribution in [0.25, 0.3) is 0 Å². The van der Waals surface area contributed by atoms with E-state index in [2.05, 4.69) is 19.2 Å². The van der Waals surface area contributed by atoms with Gasteiger partial charge in [0.15, 0.2) is 6.10 Å². The van der Waals surface area contributed by atoms with E-state index in [0.717, 1.165) is 55.6 Å². The molecule has 0 saturated carbocycles. The van der Waals surface area contributed by atoms with Gasteiger partial charge >= 0.3 is 41.5 Å². The molecule has 0 aromatic rings. The van der Waals surface area contributed by atoms with Gasteiger partial charge in [0.25, 0.3) is 19.6 Å². The van der Waals surface area contributed by atoms with E-state index in [4.69, 9.17) is 18.5 Å². The fourth-order valence-electron chi connectivity index (χ4n) is 7.25. The number of carbonyl (C=O) groups excluding carboxylic acids is 5. The molecule has 1 N–H and O–H groups in total. The Kier molecular flexibility index (Phi) is 41.0. The second kappa shape index (κ2) is 42.1. The molecule has 15 heteroatoms. The van der Waals surface area contributed by atoms with Gasteiger partial charge in [-0.2, -0.15) is 0 Å². The van der Waals surface area contributed by atoms with Crippen molar-refractivity contribution in [1.82, 2.24) is 10.2 Å². The van der Waals surface area contributed by atoms with Gasteiger partial charge in [-0.3, -0.25) is 33.4 Å². The van der Waals surface area contributed by atoms with Crippen LogP contribution in [0.15, 0.2) is 12.2 Å². The summed E-state index contributed by atoms with van der Waals surface area (Å²) in [5.41, 5.74) is 0. The summed E-state index contributed by atoms with van der Waals surface area (Å²) in [6.07, 6.45) is 37.6. The molecule has 1 unspecified atom stereocenters. The van der Waals surface area contributed by atoms with Gasteiger partial charge in [0, 0.05) is 31.5 Å². The Hall–Kier alpha value is -1.60. The van der Waals surface area contributed by atoms with Crippen LogP contribution in [0.1, 0.15) is 219 Å². The summed E-state index contributed by atoms with van der Waals surface area (Å²) >= 11 is 0. The minimum atomic E-state index is -4.91. The Morgan fingerprint density at radius 3 is 1.35 bits per heavy atom. The molecular formula is C47H84N2NaO11P. The molecule has 0 bridgehead atoms. The second-order valence-corrected chi connectivity index (χ2v) is 18.1. The molecule has 62 heavy (non-hydrogen) atoms. The van der Waals surface area contributed by atoms with Crippen LogP contribution in [-0.4, -0.2) is 73.6 Å². The largest absolute Gasteiger partial charge is 1.00 e. The smallest absolute Gasteiger partial charge is 0.756 e. The molecule has 1 heterocycles. The molecule has 1 aliphatic heterocycles. The summed E-state index contributed by atoms with van der Waals surface area (Å²) < 4.78 is 33.2. The Morgan fingerprint density at radius 2 is 0.952 bits per heavy atom. The first kappa shape index (κ1) is 60.4. The Bertz CT molecular complexity index is 1240. The van der Waals surface area contributed by atoms with Crippen molar-refractivity contribution in [2.45, 2.75) is 225 Å². The van der Waals surface area contributed by atoms with Crippen molar-refractivity contribution in [1.29, 1.82) is 0 Å². The SMILES string of the molecule is CCCCCCCCCCCCCCCCCC(=O)OC[C@H](COP(=O)([O-])OCCNC(=O)CN1C(=O)C=CC1=O)OC(=O)CCCCCCCCCCCCCCCCC.[Na+]. The zero-order valence-electron chi connectivity index (χ0n) is 39.3. The van der Waals surface area contributed by atoms with E-state index in [1.165, 1.54) is 141 Å². The first-order valence-corrected chi connectivity index (χ1v) is 25.8. The predicted octanol–water partition coefficient (Wildman–Crippen LogP) is 7.51. The number of rotatable bonds is 44. The van der Waals surface area contributed by atoms with Crippen LogP contribution in [0, 0.1) is 0 Å². The van der Waals surface area contributed by atoms with E-state index in [0.29, 0.717) is 12.8 Å². The Labute approximate surface area is 397 Å². The van der Waals surface area contributed by atoms with E-state index in [-0.39, 0.29) is 55.6 Å². The number of carbonyl (C=O) groups is 5. The third kappa shape index (κ3) is 36.7. The van der Waals surface area contributed by atoms with Crippen LogP contribution in [0.3, 0.4) is 0 Å². The van der Waals surface area contributed by atoms with Gasteiger partial charge < -0.3 is 28.7 Å².